The molecule has 1 aromatic rings. The predicted octanol–water partition coefficient (Wildman–Crippen LogP) is 2.24. The molecule has 0 aromatic heterocycles. The van der Waals surface area contributed by atoms with Gasteiger partial charge in [-0.25, -0.2) is 0 Å². The van der Waals surface area contributed by atoms with Crippen molar-refractivity contribution in [2.75, 3.05) is 20.3 Å². The van der Waals surface area contributed by atoms with Crippen molar-refractivity contribution in [2.45, 2.75) is 19.4 Å². The molecule has 1 atom stereocenters. The zero-order valence-corrected chi connectivity index (χ0v) is 11.7. The highest BCUT2D eigenvalue weighted by molar-refractivity contribution is 9.10. The van der Waals surface area contributed by atoms with Crippen molar-refractivity contribution in [1.82, 2.24) is 0 Å². The Morgan fingerprint density at radius 2 is 2.18 bits per heavy atom. The number of ether oxygens (including phenoxy) is 2. The van der Waals surface area contributed by atoms with Gasteiger partial charge in [-0.15, -0.1) is 0 Å². The Hall–Kier alpha value is -0.780. The highest BCUT2D eigenvalue weighted by atomic mass is 79.9. The standard InChI is InChI=1S/C12H18BrNO3/c1-3-17-12-9(13)6-8(7-11(12)16-2)10(14)4-5-15/h6-7,10,15H,3-5,14H2,1-2H3/t10-/m1/s1. The Labute approximate surface area is 110 Å². The van der Waals surface area contributed by atoms with Gasteiger partial charge in [0.2, 0.25) is 0 Å². The predicted molar refractivity (Wildman–Crippen MR) is 70.5 cm³/mol. The van der Waals surface area contributed by atoms with Gasteiger partial charge < -0.3 is 20.3 Å². The Kier molecular flexibility index (Phi) is 5.74. The fraction of sp³-hybridized carbons (Fsp3) is 0.500. The largest absolute Gasteiger partial charge is 0.493 e. The van der Waals surface area contributed by atoms with Crippen LogP contribution in [0.25, 0.3) is 0 Å². The maximum absolute atomic E-state index is 8.88. The lowest BCUT2D eigenvalue weighted by Crippen LogP contribution is -2.12. The summed E-state index contributed by atoms with van der Waals surface area (Å²) in [7, 11) is 1.59. The van der Waals surface area contributed by atoms with Gasteiger partial charge in [-0.1, -0.05) is 0 Å². The van der Waals surface area contributed by atoms with E-state index in [1.54, 1.807) is 7.11 Å². The molecule has 0 saturated heterocycles. The summed E-state index contributed by atoms with van der Waals surface area (Å²) in [6.07, 6.45) is 0.517. The van der Waals surface area contributed by atoms with Gasteiger partial charge in [0.05, 0.1) is 18.2 Å². The average molecular weight is 304 g/mol. The van der Waals surface area contributed by atoms with Crippen LogP contribution in [0.5, 0.6) is 11.5 Å². The van der Waals surface area contributed by atoms with E-state index in [9.17, 15) is 0 Å². The molecule has 0 aliphatic carbocycles. The van der Waals surface area contributed by atoms with Gasteiger partial charge in [0.1, 0.15) is 0 Å². The molecule has 0 spiro atoms. The maximum Gasteiger partial charge on any atom is 0.175 e. The molecule has 0 heterocycles. The molecule has 96 valence electrons. The van der Waals surface area contributed by atoms with Crippen LogP contribution in [0.3, 0.4) is 0 Å². The molecule has 1 rings (SSSR count). The second-order valence-electron chi connectivity index (χ2n) is 3.59. The van der Waals surface area contributed by atoms with E-state index in [-0.39, 0.29) is 12.6 Å². The molecular formula is C12H18BrNO3. The topological polar surface area (TPSA) is 64.7 Å². The summed E-state index contributed by atoms with van der Waals surface area (Å²) in [5, 5.41) is 8.88. The monoisotopic (exact) mass is 303 g/mol. The fourth-order valence-corrected chi connectivity index (χ4v) is 2.12. The maximum atomic E-state index is 8.88. The van der Waals surface area contributed by atoms with Crippen LogP contribution >= 0.6 is 15.9 Å². The number of nitrogens with two attached hydrogens (primary N) is 1. The second kappa shape index (κ2) is 6.83. The van der Waals surface area contributed by atoms with Crippen LogP contribution in [0.2, 0.25) is 0 Å². The van der Waals surface area contributed by atoms with Gasteiger partial charge in [-0.05, 0) is 47.0 Å². The molecular weight excluding hydrogens is 286 g/mol. The van der Waals surface area contributed by atoms with E-state index in [1.165, 1.54) is 0 Å². The third-order valence-corrected chi connectivity index (χ3v) is 3.00. The Morgan fingerprint density at radius 1 is 1.47 bits per heavy atom. The lowest BCUT2D eigenvalue weighted by atomic mass is 10.0. The van der Waals surface area contributed by atoms with Crippen molar-refractivity contribution in [1.29, 1.82) is 0 Å². The van der Waals surface area contributed by atoms with Crippen LogP contribution < -0.4 is 15.2 Å². The van der Waals surface area contributed by atoms with Crippen molar-refractivity contribution < 1.29 is 14.6 Å². The molecule has 0 bridgehead atoms. The smallest absolute Gasteiger partial charge is 0.175 e. The molecule has 0 unspecified atom stereocenters. The van der Waals surface area contributed by atoms with Crippen molar-refractivity contribution in [3.63, 3.8) is 0 Å². The number of benzene rings is 1. The normalized spacial score (nSPS) is 12.3. The first-order chi connectivity index (χ1) is 8.13. The van der Waals surface area contributed by atoms with E-state index in [1.807, 2.05) is 19.1 Å². The molecule has 3 N–H and O–H groups in total. The highest BCUT2D eigenvalue weighted by Crippen LogP contribution is 2.38. The Morgan fingerprint density at radius 3 is 2.71 bits per heavy atom. The van der Waals surface area contributed by atoms with Gasteiger partial charge in [0.25, 0.3) is 0 Å². The number of aliphatic hydroxyl groups is 1. The summed E-state index contributed by atoms with van der Waals surface area (Å²) >= 11 is 3.44. The molecule has 1 aromatic carbocycles. The minimum Gasteiger partial charge on any atom is -0.493 e. The number of rotatable bonds is 6. The SMILES string of the molecule is CCOc1c(Br)cc([C@H](N)CCO)cc1OC. The molecule has 0 aliphatic rings. The van der Waals surface area contributed by atoms with E-state index in [0.29, 0.717) is 24.5 Å². The molecule has 0 amide bonds. The Bertz CT molecular complexity index is 371. The molecule has 0 fully saturated rings. The van der Waals surface area contributed by atoms with Crippen molar-refractivity contribution in [3.8, 4) is 11.5 Å². The van der Waals surface area contributed by atoms with Crippen LogP contribution in [-0.4, -0.2) is 25.4 Å². The summed E-state index contributed by atoms with van der Waals surface area (Å²) in [5.41, 5.74) is 6.85. The third kappa shape index (κ3) is 3.59. The summed E-state index contributed by atoms with van der Waals surface area (Å²) in [6.45, 7) is 2.54. The van der Waals surface area contributed by atoms with Crippen molar-refractivity contribution in [2.24, 2.45) is 5.73 Å². The molecule has 4 nitrogen and oxygen atoms in total. The van der Waals surface area contributed by atoms with Gasteiger partial charge in [-0.3, -0.25) is 0 Å². The van der Waals surface area contributed by atoms with Gasteiger partial charge in [0, 0.05) is 12.6 Å². The minimum absolute atomic E-state index is 0.0638. The lowest BCUT2D eigenvalue weighted by Gasteiger charge is -2.16. The van der Waals surface area contributed by atoms with Crippen LogP contribution in [0, 0.1) is 0 Å². The third-order valence-electron chi connectivity index (χ3n) is 2.41. The zero-order valence-electron chi connectivity index (χ0n) is 10.1. The molecule has 0 saturated carbocycles. The molecule has 0 aliphatic heterocycles. The lowest BCUT2D eigenvalue weighted by molar-refractivity contribution is 0.276. The van der Waals surface area contributed by atoms with E-state index in [0.717, 1.165) is 10.0 Å². The van der Waals surface area contributed by atoms with Crippen LogP contribution in [-0.2, 0) is 0 Å². The van der Waals surface area contributed by atoms with E-state index >= 15 is 0 Å². The first-order valence-corrected chi connectivity index (χ1v) is 6.30. The number of hydrogen-bond donors (Lipinski definition) is 2. The zero-order chi connectivity index (χ0) is 12.8. The van der Waals surface area contributed by atoms with E-state index in [4.69, 9.17) is 20.3 Å². The number of hydrogen-bond acceptors (Lipinski definition) is 4. The fourth-order valence-electron chi connectivity index (χ4n) is 1.54. The summed E-state index contributed by atoms with van der Waals surface area (Å²) in [5.74, 6) is 1.32. The molecule has 17 heavy (non-hydrogen) atoms. The van der Waals surface area contributed by atoms with Crippen molar-refractivity contribution >= 4 is 15.9 Å². The summed E-state index contributed by atoms with van der Waals surface area (Å²) in [6, 6.07) is 3.53. The van der Waals surface area contributed by atoms with Gasteiger partial charge in [0.15, 0.2) is 11.5 Å². The Balaban J connectivity index is 3.07. The van der Waals surface area contributed by atoms with Gasteiger partial charge in [-0.2, -0.15) is 0 Å². The molecule has 5 heteroatoms. The molecule has 0 radical (unpaired) electrons. The quantitative estimate of drug-likeness (QED) is 0.846. The summed E-state index contributed by atoms with van der Waals surface area (Å²) < 4.78 is 11.6. The van der Waals surface area contributed by atoms with Crippen molar-refractivity contribution in [3.05, 3.63) is 22.2 Å². The first-order valence-electron chi connectivity index (χ1n) is 5.50. The number of methoxy groups -OCH3 is 1. The first kappa shape index (κ1) is 14.3. The van der Waals surface area contributed by atoms with Gasteiger partial charge >= 0.3 is 0 Å². The van der Waals surface area contributed by atoms with Crippen LogP contribution in [0.1, 0.15) is 24.9 Å². The van der Waals surface area contributed by atoms with Crippen LogP contribution in [0.4, 0.5) is 0 Å². The van der Waals surface area contributed by atoms with Crippen LogP contribution in [0.15, 0.2) is 16.6 Å². The highest BCUT2D eigenvalue weighted by Gasteiger charge is 2.14. The summed E-state index contributed by atoms with van der Waals surface area (Å²) in [4.78, 5) is 0. The van der Waals surface area contributed by atoms with E-state index < -0.39 is 0 Å². The number of aliphatic hydroxyl groups excluding tert-OH is 1. The number of halogens is 1. The van der Waals surface area contributed by atoms with E-state index in [2.05, 4.69) is 15.9 Å². The minimum atomic E-state index is -0.208. The average Bonchev–Trinajstić information content (AvgIpc) is 2.31. The second-order valence-corrected chi connectivity index (χ2v) is 4.44.